The largest absolute Gasteiger partial charge is 0.478 e. The molecule has 2 heterocycles. The van der Waals surface area contributed by atoms with Gasteiger partial charge >= 0.3 is 5.97 Å². The quantitative estimate of drug-likeness (QED) is 0.703. The number of aryl methyl sites for hydroxylation is 1. The lowest BCUT2D eigenvalue weighted by Crippen LogP contribution is -2.00. The number of aromatic carboxylic acids is 1. The third-order valence-corrected chi connectivity index (χ3v) is 4.46. The Kier molecular flexibility index (Phi) is 4.62. The predicted octanol–water partition coefficient (Wildman–Crippen LogP) is 3.41. The molecule has 0 fully saturated rings. The zero-order valence-electron chi connectivity index (χ0n) is 12.8. The molecule has 0 saturated carbocycles. The molecule has 0 radical (unpaired) electrons. The Morgan fingerprint density at radius 1 is 1.26 bits per heavy atom. The SMILES string of the molecule is CCSCCc1cnc2c(cnn2-c2ccc(C(=O)O)cc2)c1. The highest BCUT2D eigenvalue weighted by Crippen LogP contribution is 2.19. The van der Waals surface area contributed by atoms with Gasteiger partial charge in [-0.25, -0.2) is 14.5 Å². The number of hydrogen-bond donors (Lipinski definition) is 1. The van der Waals surface area contributed by atoms with Crippen molar-refractivity contribution in [1.29, 1.82) is 0 Å². The first kappa shape index (κ1) is 15.6. The van der Waals surface area contributed by atoms with Crippen molar-refractivity contribution in [2.24, 2.45) is 0 Å². The van der Waals surface area contributed by atoms with Crippen LogP contribution in [0.25, 0.3) is 16.7 Å². The topological polar surface area (TPSA) is 68.0 Å². The van der Waals surface area contributed by atoms with Crippen LogP contribution in [0.4, 0.5) is 0 Å². The zero-order valence-corrected chi connectivity index (χ0v) is 13.6. The first-order valence-electron chi connectivity index (χ1n) is 7.43. The van der Waals surface area contributed by atoms with Crippen molar-refractivity contribution in [3.05, 3.63) is 53.9 Å². The standard InChI is InChI=1S/C17H17N3O2S/c1-2-23-8-7-12-9-14-11-19-20(16(14)18-10-12)15-5-3-13(4-6-15)17(21)22/h3-6,9-11H,2,7-8H2,1H3,(H,21,22). The van der Waals surface area contributed by atoms with Crippen molar-refractivity contribution in [3.63, 3.8) is 0 Å². The zero-order chi connectivity index (χ0) is 16.2. The van der Waals surface area contributed by atoms with Gasteiger partial charge in [-0.3, -0.25) is 0 Å². The fraction of sp³-hybridized carbons (Fsp3) is 0.235. The van der Waals surface area contributed by atoms with Crippen LogP contribution >= 0.6 is 11.8 Å². The molecule has 118 valence electrons. The molecule has 0 aliphatic rings. The summed E-state index contributed by atoms with van der Waals surface area (Å²) in [7, 11) is 0. The third kappa shape index (κ3) is 3.37. The molecule has 3 rings (SSSR count). The van der Waals surface area contributed by atoms with E-state index in [4.69, 9.17) is 5.11 Å². The third-order valence-electron chi connectivity index (χ3n) is 3.56. The molecule has 0 atom stereocenters. The minimum absolute atomic E-state index is 0.258. The summed E-state index contributed by atoms with van der Waals surface area (Å²) in [4.78, 5) is 15.4. The Bertz CT molecular complexity index is 827. The molecule has 0 aliphatic heterocycles. The second kappa shape index (κ2) is 6.83. The Hall–Kier alpha value is -2.34. The summed E-state index contributed by atoms with van der Waals surface area (Å²) in [5, 5.41) is 14.3. The number of pyridine rings is 1. The summed E-state index contributed by atoms with van der Waals surface area (Å²) >= 11 is 1.92. The Labute approximate surface area is 138 Å². The first-order chi connectivity index (χ1) is 11.2. The van der Waals surface area contributed by atoms with Gasteiger partial charge in [0.2, 0.25) is 0 Å². The fourth-order valence-corrected chi connectivity index (χ4v) is 3.04. The molecule has 0 bridgehead atoms. The van der Waals surface area contributed by atoms with Gasteiger partial charge in [-0.15, -0.1) is 0 Å². The lowest BCUT2D eigenvalue weighted by Gasteiger charge is -2.04. The van der Waals surface area contributed by atoms with Gasteiger partial charge < -0.3 is 5.11 Å². The van der Waals surface area contributed by atoms with Crippen LogP contribution in [0.5, 0.6) is 0 Å². The summed E-state index contributed by atoms with van der Waals surface area (Å²) in [5.41, 5.74) is 3.04. The van der Waals surface area contributed by atoms with Crippen LogP contribution < -0.4 is 0 Å². The maximum atomic E-state index is 10.9. The minimum atomic E-state index is -0.936. The monoisotopic (exact) mass is 327 g/mol. The average molecular weight is 327 g/mol. The van der Waals surface area contributed by atoms with Gasteiger partial charge in [-0.1, -0.05) is 6.92 Å². The van der Waals surface area contributed by atoms with E-state index >= 15 is 0 Å². The number of aromatic nitrogens is 3. The molecule has 6 heteroatoms. The van der Waals surface area contributed by atoms with Crippen molar-refractivity contribution in [3.8, 4) is 5.69 Å². The first-order valence-corrected chi connectivity index (χ1v) is 8.58. The van der Waals surface area contributed by atoms with Gasteiger partial charge in [0, 0.05) is 11.6 Å². The van der Waals surface area contributed by atoms with E-state index in [1.807, 2.05) is 18.0 Å². The molecule has 1 aromatic carbocycles. The van der Waals surface area contributed by atoms with Crippen LogP contribution in [0.1, 0.15) is 22.8 Å². The molecular formula is C17H17N3O2S. The predicted molar refractivity (Wildman–Crippen MR) is 92.5 cm³/mol. The number of thioether (sulfide) groups is 1. The summed E-state index contributed by atoms with van der Waals surface area (Å²) in [5.74, 6) is 1.28. The number of carbonyl (C=O) groups is 1. The Morgan fingerprint density at radius 3 is 2.74 bits per heavy atom. The van der Waals surface area contributed by atoms with E-state index in [2.05, 4.69) is 23.1 Å². The molecule has 2 aromatic heterocycles. The molecule has 0 spiro atoms. The molecule has 23 heavy (non-hydrogen) atoms. The average Bonchev–Trinajstić information content (AvgIpc) is 2.98. The van der Waals surface area contributed by atoms with E-state index < -0.39 is 5.97 Å². The lowest BCUT2D eigenvalue weighted by molar-refractivity contribution is 0.0697. The molecule has 0 unspecified atom stereocenters. The van der Waals surface area contributed by atoms with Crippen LogP contribution in [0, 0.1) is 0 Å². The molecule has 0 amide bonds. The summed E-state index contributed by atoms with van der Waals surface area (Å²) in [6, 6.07) is 8.74. The van der Waals surface area contributed by atoms with E-state index in [1.54, 1.807) is 35.1 Å². The highest BCUT2D eigenvalue weighted by Gasteiger charge is 2.08. The fourth-order valence-electron chi connectivity index (χ4n) is 2.37. The van der Waals surface area contributed by atoms with Gasteiger partial charge in [0.1, 0.15) is 0 Å². The summed E-state index contributed by atoms with van der Waals surface area (Å²) in [6.45, 7) is 2.16. The Balaban J connectivity index is 1.88. The van der Waals surface area contributed by atoms with Gasteiger partial charge in [0.25, 0.3) is 0 Å². The second-order valence-electron chi connectivity index (χ2n) is 5.11. The number of nitrogens with zero attached hydrogens (tertiary/aromatic N) is 3. The molecule has 1 N–H and O–H groups in total. The van der Waals surface area contributed by atoms with Crippen LogP contribution in [0.15, 0.2) is 42.7 Å². The van der Waals surface area contributed by atoms with Crippen molar-refractivity contribution in [2.75, 3.05) is 11.5 Å². The number of carboxylic acids is 1. The van der Waals surface area contributed by atoms with E-state index in [-0.39, 0.29) is 5.56 Å². The highest BCUT2D eigenvalue weighted by molar-refractivity contribution is 7.99. The maximum absolute atomic E-state index is 10.9. The highest BCUT2D eigenvalue weighted by atomic mass is 32.2. The normalized spacial score (nSPS) is 11.0. The Morgan fingerprint density at radius 2 is 2.04 bits per heavy atom. The number of rotatable bonds is 6. The molecular weight excluding hydrogens is 310 g/mol. The molecule has 0 saturated heterocycles. The smallest absolute Gasteiger partial charge is 0.335 e. The van der Waals surface area contributed by atoms with Crippen LogP contribution in [0.2, 0.25) is 0 Å². The molecule has 5 nitrogen and oxygen atoms in total. The summed E-state index contributed by atoms with van der Waals surface area (Å²) in [6.07, 6.45) is 4.69. The summed E-state index contributed by atoms with van der Waals surface area (Å²) < 4.78 is 1.73. The lowest BCUT2D eigenvalue weighted by atomic mass is 10.2. The number of fused-ring (bicyclic) bond motifs is 1. The van der Waals surface area contributed by atoms with Crippen LogP contribution in [-0.4, -0.2) is 37.3 Å². The van der Waals surface area contributed by atoms with E-state index in [1.165, 1.54) is 5.56 Å². The van der Waals surface area contributed by atoms with E-state index in [0.717, 1.165) is 34.6 Å². The van der Waals surface area contributed by atoms with Gasteiger partial charge in [0.05, 0.1) is 17.4 Å². The maximum Gasteiger partial charge on any atom is 0.335 e. The minimum Gasteiger partial charge on any atom is -0.478 e. The number of benzene rings is 1. The molecule has 3 aromatic rings. The van der Waals surface area contributed by atoms with Crippen molar-refractivity contribution < 1.29 is 9.90 Å². The number of carboxylic acid groups (broad SMARTS) is 1. The molecule has 0 aliphatic carbocycles. The van der Waals surface area contributed by atoms with Crippen molar-refractivity contribution in [2.45, 2.75) is 13.3 Å². The van der Waals surface area contributed by atoms with Gasteiger partial charge in [-0.2, -0.15) is 16.9 Å². The van der Waals surface area contributed by atoms with Crippen molar-refractivity contribution >= 4 is 28.8 Å². The van der Waals surface area contributed by atoms with E-state index in [0.29, 0.717) is 0 Å². The van der Waals surface area contributed by atoms with Gasteiger partial charge in [0.15, 0.2) is 5.65 Å². The van der Waals surface area contributed by atoms with Crippen molar-refractivity contribution in [1.82, 2.24) is 14.8 Å². The van der Waals surface area contributed by atoms with Crippen LogP contribution in [0.3, 0.4) is 0 Å². The van der Waals surface area contributed by atoms with Gasteiger partial charge in [-0.05, 0) is 53.8 Å². The second-order valence-corrected chi connectivity index (χ2v) is 6.51. The van der Waals surface area contributed by atoms with Crippen LogP contribution in [-0.2, 0) is 6.42 Å². The van der Waals surface area contributed by atoms with E-state index in [9.17, 15) is 4.79 Å². The number of hydrogen-bond acceptors (Lipinski definition) is 4.